The third kappa shape index (κ3) is 5.90. The van der Waals surface area contributed by atoms with Gasteiger partial charge in [-0.3, -0.25) is 0 Å². The third-order valence-corrected chi connectivity index (χ3v) is 7.73. The number of benzene rings is 2. The molecule has 0 amide bonds. The molecule has 30 heavy (non-hydrogen) atoms. The topological polar surface area (TPSA) is 56.8 Å². The molecular weight excluding hydrogens is 604 g/mol. The fraction of sp³-hybridized carbons (Fsp3) is 0.278. The Balaban J connectivity index is 2.45. The van der Waals surface area contributed by atoms with Gasteiger partial charge in [-0.25, -0.2) is 0 Å². The van der Waals surface area contributed by atoms with E-state index in [-0.39, 0.29) is 5.75 Å². The summed E-state index contributed by atoms with van der Waals surface area (Å²) >= 11 is 0.425. The Kier molecular flexibility index (Phi) is 8.19. The average Bonchev–Trinajstić information content (AvgIpc) is 2.68. The van der Waals surface area contributed by atoms with E-state index in [1.807, 2.05) is 0 Å². The van der Waals surface area contributed by atoms with Gasteiger partial charge < -0.3 is 0 Å². The summed E-state index contributed by atoms with van der Waals surface area (Å²) < 4.78 is 84.8. The van der Waals surface area contributed by atoms with Crippen molar-refractivity contribution < 1.29 is 59.3 Å². The maximum atomic E-state index is 14.1. The van der Waals surface area contributed by atoms with Crippen LogP contribution in [0.25, 0.3) is 0 Å². The van der Waals surface area contributed by atoms with Gasteiger partial charge in [0, 0.05) is 0 Å². The summed E-state index contributed by atoms with van der Waals surface area (Å²) in [6.45, 7) is 4.63. The van der Waals surface area contributed by atoms with Crippen LogP contribution in [0.3, 0.4) is 0 Å². The zero-order valence-electron chi connectivity index (χ0n) is 15.9. The standard InChI is InChI=1S/C18H17F5NO4P.W/c1-9(2)26-18(25)10(3)24-29(27-11-7-5-4-6-8-11)28-17-15(22)13(20)12(19)14(21)16(17)23;/h4-10,24H,1-3H3;. The molecule has 0 aromatic heterocycles. The first kappa shape index (κ1) is 24.5. The molecule has 2 aromatic carbocycles. The summed E-state index contributed by atoms with van der Waals surface area (Å²) in [7, 11) is 0. The number of halogens is 5. The predicted molar refractivity (Wildman–Crippen MR) is 94.7 cm³/mol. The van der Waals surface area contributed by atoms with Crippen molar-refractivity contribution in [2.75, 3.05) is 0 Å². The van der Waals surface area contributed by atoms with Crippen molar-refractivity contribution >= 4 is 11.5 Å². The molecule has 0 radical (unpaired) electrons. The Hall–Kier alpha value is -1.76. The Labute approximate surface area is 179 Å². The Morgan fingerprint density at radius 2 is 1.40 bits per heavy atom. The first-order valence-electron chi connectivity index (χ1n) is 8.49. The fourth-order valence-electron chi connectivity index (χ4n) is 2.10. The zero-order valence-corrected chi connectivity index (χ0v) is 19.7. The summed E-state index contributed by atoms with van der Waals surface area (Å²) in [5.41, 5.74) is -3.58. The molecular formula is C18H17F5NO4PW. The normalized spacial score (nSPS) is 14.2. The number of carbonyl (C=O) groups is 1. The summed E-state index contributed by atoms with van der Waals surface area (Å²) in [5.74, 6) is -12.9. The van der Waals surface area contributed by atoms with Gasteiger partial charge >= 0.3 is 180 Å². The van der Waals surface area contributed by atoms with E-state index < -0.39 is 58.5 Å². The van der Waals surface area contributed by atoms with Crippen molar-refractivity contribution in [3.8, 4) is 11.5 Å². The molecule has 1 N–H and O–H groups in total. The van der Waals surface area contributed by atoms with E-state index in [1.54, 1.807) is 32.0 Å². The van der Waals surface area contributed by atoms with E-state index in [2.05, 4.69) is 5.09 Å². The molecule has 0 aliphatic rings. The van der Waals surface area contributed by atoms with Crippen LogP contribution in [0, 0.1) is 29.1 Å². The quantitative estimate of drug-likeness (QED) is 0.148. The molecule has 0 spiro atoms. The van der Waals surface area contributed by atoms with Gasteiger partial charge in [-0.1, -0.05) is 0 Å². The molecule has 5 nitrogen and oxygen atoms in total. The van der Waals surface area contributed by atoms with Crippen molar-refractivity contribution in [2.24, 2.45) is 0 Å². The van der Waals surface area contributed by atoms with Crippen molar-refractivity contribution in [1.82, 2.24) is 5.09 Å². The third-order valence-electron chi connectivity index (χ3n) is 3.41. The van der Waals surface area contributed by atoms with Crippen LogP contribution in [0.15, 0.2) is 30.3 Å². The van der Waals surface area contributed by atoms with Gasteiger partial charge in [0.1, 0.15) is 0 Å². The fourth-order valence-corrected chi connectivity index (χ4v) is 7.06. The second-order valence-electron chi connectivity index (χ2n) is 6.23. The number of nitrogens with one attached hydrogen (secondary N) is 1. The minimum absolute atomic E-state index is 0.196. The second kappa shape index (κ2) is 10.0. The van der Waals surface area contributed by atoms with E-state index in [0.717, 1.165) is 0 Å². The average molecular weight is 621 g/mol. The van der Waals surface area contributed by atoms with Gasteiger partial charge in [0.05, 0.1) is 0 Å². The van der Waals surface area contributed by atoms with Crippen molar-refractivity contribution in [2.45, 2.75) is 32.9 Å². The molecule has 0 saturated carbocycles. The molecule has 0 bridgehead atoms. The number of esters is 1. The first-order chi connectivity index (χ1) is 13.9. The summed E-state index contributed by atoms with van der Waals surface area (Å²) in [6, 6.07) is 6.81. The molecule has 0 saturated heterocycles. The van der Waals surface area contributed by atoms with E-state index in [9.17, 15) is 26.7 Å². The molecule has 0 fully saturated rings. The van der Waals surface area contributed by atoms with Crippen LogP contribution in [0.5, 0.6) is 11.5 Å². The number of hydrogen-bond acceptors (Lipinski definition) is 5. The van der Waals surface area contributed by atoms with Crippen LogP contribution >= 0.6 is 5.50 Å². The summed E-state index contributed by atoms with van der Waals surface area (Å²) in [5, 5.41) is 2.66. The van der Waals surface area contributed by atoms with Crippen molar-refractivity contribution in [3.63, 3.8) is 0 Å². The van der Waals surface area contributed by atoms with E-state index >= 15 is 0 Å². The van der Waals surface area contributed by atoms with Gasteiger partial charge in [-0.05, 0) is 0 Å². The summed E-state index contributed by atoms with van der Waals surface area (Å²) in [6.07, 6.45) is -0.440. The second-order valence-corrected chi connectivity index (χ2v) is 13.0. The van der Waals surface area contributed by atoms with Crippen LogP contribution < -0.4 is 14.1 Å². The molecule has 164 valence electrons. The predicted octanol–water partition coefficient (Wildman–Crippen LogP) is 4.99. The molecule has 2 unspecified atom stereocenters. The van der Waals surface area contributed by atoms with Crippen LogP contribution in [0.4, 0.5) is 22.0 Å². The van der Waals surface area contributed by atoms with Gasteiger partial charge in [-0.15, -0.1) is 0 Å². The van der Waals surface area contributed by atoms with E-state index in [4.69, 9.17) is 13.8 Å². The number of para-hydroxylation sites is 1. The SMILES string of the molecule is CC(C)OC(=O)C(C)N[P](=[W])(Oc1ccccc1)Oc1c(F)c(F)c(F)c(F)c1F. The molecule has 12 heteroatoms. The van der Waals surface area contributed by atoms with E-state index in [0.29, 0.717) is 18.8 Å². The molecule has 0 aliphatic heterocycles. The van der Waals surface area contributed by atoms with Gasteiger partial charge in [-0.2, -0.15) is 0 Å². The van der Waals surface area contributed by atoms with Gasteiger partial charge in [0.2, 0.25) is 0 Å². The van der Waals surface area contributed by atoms with E-state index in [1.165, 1.54) is 19.1 Å². The molecule has 2 rings (SSSR count). The van der Waals surface area contributed by atoms with Gasteiger partial charge in [0.25, 0.3) is 0 Å². The van der Waals surface area contributed by atoms with Crippen LogP contribution in [-0.2, 0) is 28.3 Å². The van der Waals surface area contributed by atoms with Crippen LogP contribution in [-0.4, -0.2) is 18.1 Å². The van der Waals surface area contributed by atoms with Crippen molar-refractivity contribution in [1.29, 1.82) is 0 Å². The Bertz CT molecular complexity index is 948. The Morgan fingerprint density at radius 3 is 1.90 bits per heavy atom. The summed E-state index contributed by atoms with van der Waals surface area (Å²) in [4.78, 5) is 12.1. The first-order valence-corrected chi connectivity index (χ1v) is 14.0. The minimum atomic E-state index is -3.58. The van der Waals surface area contributed by atoms with Crippen LogP contribution in [0.1, 0.15) is 20.8 Å². The van der Waals surface area contributed by atoms with Crippen LogP contribution in [0.2, 0.25) is 0 Å². The van der Waals surface area contributed by atoms with Gasteiger partial charge in [0.15, 0.2) is 0 Å². The zero-order chi connectivity index (χ0) is 22.6. The molecule has 2 atom stereocenters. The number of hydrogen-bond donors (Lipinski definition) is 1. The molecule has 2 aromatic rings. The Morgan fingerprint density at radius 1 is 0.900 bits per heavy atom. The molecule has 0 aliphatic carbocycles. The number of carbonyl (C=O) groups excluding carboxylic acids is 1. The molecule has 0 heterocycles. The number of rotatable bonds is 8. The van der Waals surface area contributed by atoms with Crippen molar-refractivity contribution in [3.05, 3.63) is 59.4 Å². The number of ether oxygens (including phenoxy) is 1. The maximum absolute atomic E-state index is 14.1. The monoisotopic (exact) mass is 621 g/mol.